The van der Waals surface area contributed by atoms with E-state index >= 15 is 0 Å². The topological polar surface area (TPSA) is 303 Å². The fourth-order valence-corrected chi connectivity index (χ4v) is 6.99. The van der Waals surface area contributed by atoms with Crippen molar-refractivity contribution in [2.24, 2.45) is 5.92 Å². The molecule has 3 rings (SSSR count). The van der Waals surface area contributed by atoms with E-state index in [0.29, 0.717) is 12.3 Å². The number of carbonyl (C=O) groups is 7. The molecule has 3 unspecified atom stereocenters. The van der Waals surface area contributed by atoms with Gasteiger partial charge in [0.05, 0.1) is 13.2 Å². The molecule has 0 spiro atoms. The summed E-state index contributed by atoms with van der Waals surface area (Å²) in [6, 6.07) is -1.24. The van der Waals surface area contributed by atoms with Gasteiger partial charge in [0.25, 0.3) is 0 Å². The summed E-state index contributed by atoms with van der Waals surface area (Å²) in [7, 11) is 2.59. The molecule has 0 aliphatic carbocycles. The van der Waals surface area contributed by atoms with Crippen LogP contribution in [0.4, 0.5) is 5.69 Å². The lowest BCUT2D eigenvalue weighted by Crippen LogP contribution is -2.99. The Labute approximate surface area is 360 Å². The molecular weight excluding hydrogens is 810 g/mol. The standard InChI is InChI=1S/C42H61N7O13/c1-23(2)13-11-9-7-8-10-12-14-34(52)47(5)32(22-50)40(57)44-24(3)38(55)43-21-35(53)48(6)36-27-15-16-33(51)28(20-27)29-17-26(19-31(37(29)54)49(61)62)18-30(42(59)60)46-39(56)25(4)45-41(36)58/h15-17,19-20,23-25,30,32,36,49-51,54,61H,7-14,18,21-22H2,1-6H3,(H,43,55)(H,44,57)(H,45,58)(H,46,56)(H,59,60)/t24-,25+,30?,32-,36?/m1/s1. The molecule has 10 N–H and O–H groups in total. The number of carboxylic acids is 1. The molecule has 20 nitrogen and oxygen atoms in total. The van der Waals surface area contributed by atoms with E-state index in [9.17, 15) is 64.4 Å². The lowest BCUT2D eigenvalue weighted by molar-refractivity contribution is -0.991. The number of carboxylic acid groups (broad SMARTS) is 1. The number of nitrogens with one attached hydrogen (secondary N) is 5. The Morgan fingerprint density at radius 3 is 2.15 bits per heavy atom. The summed E-state index contributed by atoms with van der Waals surface area (Å²) in [5.74, 6) is -6.82. The second-order valence-electron chi connectivity index (χ2n) is 16.1. The van der Waals surface area contributed by atoms with Crippen molar-refractivity contribution in [2.75, 3.05) is 27.2 Å². The van der Waals surface area contributed by atoms with Crippen LogP contribution < -0.4 is 26.5 Å². The van der Waals surface area contributed by atoms with Crippen LogP contribution in [0.25, 0.3) is 11.1 Å². The van der Waals surface area contributed by atoms with E-state index in [1.54, 1.807) is 0 Å². The van der Waals surface area contributed by atoms with Crippen LogP contribution >= 0.6 is 0 Å². The van der Waals surface area contributed by atoms with Crippen LogP contribution in [0, 0.1) is 11.1 Å². The molecule has 6 amide bonds. The van der Waals surface area contributed by atoms with E-state index in [4.69, 9.17) is 0 Å². The molecule has 0 radical (unpaired) electrons. The number of rotatable bonds is 19. The Kier molecular flexibility index (Phi) is 19.1. The van der Waals surface area contributed by atoms with Gasteiger partial charge < -0.3 is 56.7 Å². The summed E-state index contributed by atoms with van der Waals surface area (Å²) in [6.45, 7) is 5.54. The molecule has 0 saturated heterocycles. The number of aliphatic hydroxyl groups is 1. The van der Waals surface area contributed by atoms with Crippen LogP contribution in [0.1, 0.15) is 96.2 Å². The lowest BCUT2D eigenvalue weighted by atomic mass is 9.93. The number of unbranched alkanes of at least 4 members (excludes halogenated alkanes) is 5. The van der Waals surface area contributed by atoms with Gasteiger partial charge in [0.1, 0.15) is 36.0 Å². The molecule has 1 aliphatic rings. The Morgan fingerprint density at radius 2 is 1.53 bits per heavy atom. The molecule has 0 fully saturated rings. The van der Waals surface area contributed by atoms with Crippen molar-refractivity contribution < 1.29 is 64.4 Å². The van der Waals surface area contributed by atoms with Crippen LogP contribution in [0.15, 0.2) is 30.3 Å². The van der Waals surface area contributed by atoms with Crippen molar-refractivity contribution in [3.8, 4) is 22.6 Å². The number of amides is 6. The maximum absolute atomic E-state index is 13.9. The highest BCUT2D eigenvalue weighted by molar-refractivity contribution is 5.96. The average Bonchev–Trinajstić information content (AvgIpc) is 3.20. The maximum atomic E-state index is 13.9. The minimum absolute atomic E-state index is 0.0127. The first-order valence-corrected chi connectivity index (χ1v) is 20.6. The number of phenols is 2. The summed E-state index contributed by atoms with van der Waals surface area (Å²) < 4.78 is 0. The van der Waals surface area contributed by atoms with Gasteiger partial charge in [-0.2, -0.15) is 5.23 Å². The molecule has 4 bridgehead atoms. The van der Waals surface area contributed by atoms with Crippen molar-refractivity contribution >= 4 is 47.1 Å². The van der Waals surface area contributed by atoms with Gasteiger partial charge in [0.15, 0.2) is 5.75 Å². The predicted octanol–water partition coefficient (Wildman–Crippen LogP) is 0.515. The Hall–Kier alpha value is -5.83. The zero-order valence-electron chi connectivity index (χ0n) is 36.0. The fourth-order valence-electron chi connectivity index (χ4n) is 6.99. The highest BCUT2D eigenvalue weighted by Gasteiger charge is 2.34. The number of fused-ring (bicyclic) bond motifs is 5. The number of phenolic OH excluding ortho intramolecular Hbond substituents is 2. The monoisotopic (exact) mass is 871 g/mol. The first-order valence-electron chi connectivity index (χ1n) is 20.6. The first kappa shape index (κ1) is 50.5. The van der Waals surface area contributed by atoms with Crippen molar-refractivity contribution in [2.45, 2.75) is 116 Å². The number of carbonyl (C=O) groups excluding carboxylic acids is 6. The summed E-state index contributed by atoms with van der Waals surface area (Å²) in [5.41, 5.74) is -1.01. The van der Waals surface area contributed by atoms with Crippen molar-refractivity contribution in [1.82, 2.24) is 31.1 Å². The minimum atomic E-state index is -1.62. The SMILES string of the molecule is CC(C)CCCCCCCCC(=O)N(C)[C@H](CO)C(=O)N[C@H](C)C(=O)NCC(=O)N(C)C1C(=O)N[C@@H](C)C(=O)NC(C(=O)O)Cc2cc(c(O)c([NH+]([O-])O)c2)-c2cc1ccc2O. The highest BCUT2D eigenvalue weighted by Crippen LogP contribution is 2.41. The largest absolute Gasteiger partial charge is 0.595 e. The van der Waals surface area contributed by atoms with Crippen LogP contribution in [0.5, 0.6) is 11.5 Å². The Bertz CT molecular complexity index is 1940. The van der Waals surface area contributed by atoms with Gasteiger partial charge in [0, 0.05) is 44.1 Å². The molecule has 20 heteroatoms. The number of hydrogen-bond acceptors (Lipinski definition) is 12. The number of hydrogen-bond donors (Lipinski definition) is 10. The fraction of sp³-hybridized carbons (Fsp3) is 0.548. The van der Waals surface area contributed by atoms with Crippen LogP contribution in [-0.4, -0.2) is 128 Å². The van der Waals surface area contributed by atoms with Crippen LogP contribution in [0.3, 0.4) is 0 Å². The van der Waals surface area contributed by atoms with E-state index < -0.39 is 108 Å². The van der Waals surface area contributed by atoms with E-state index in [2.05, 4.69) is 35.1 Å². The predicted molar refractivity (Wildman–Crippen MR) is 223 cm³/mol. The molecule has 0 aromatic heterocycles. The van der Waals surface area contributed by atoms with Gasteiger partial charge in [-0.05, 0) is 55.5 Å². The summed E-state index contributed by atoms with van der Waals surface area (Å²) in [6.07, 6.45) is 6.76. The van der Waals surface area contributed by atoms with E-state index in [1.165, 1.54) is 59.0 Å². The number of likely N-dealkylation sites (N-methyl/N-ethyl adjacent to an activating group) is 2. The number of aliphatic hydroxyl groups excluding tert-OH is 1. The van der Waals surface area contributed by atoms with E-state index in [0.717, 1.165) is 47.6 Å². The summed E-state index contributed by atoms with van der Waals surface area (Å²) in [5, 5.41) is 71.7. The molecule has 2 aromatic carbocycles. The first-order chi connectivity index (χ1) is 29.2. The molecule has 0 saturated carbocycles. The van der Waals surface area contributed by atoms with Crippen molar-refractivity contribution in [3.63, 3.8) is 0 Å². The van der Waals surface area contributed by atoms with Crippen LogP contribution in [0.2, 0.25) is 0 Å². The zero-order chi connectivity index (χ0) is 46.4. The zero-order valence-corrected chi connectivity index (χ0v) is 36.0. The maximum Gasteiger partial charge on any atom is 0.326 e. The van der Waals surface area contributed by atoms with Gasteiger partial charge in [-0.1, -0.05) is 58.4 Å². The number of aliphatic carboxylic acids is 1. The smallest absolute Gasteiger partial charge is 0.326 e. The minimum Gasteiger partial charge on any atom is -0.595 e. The molecule has 2 aromatic rings. The molecule has 342 valence electrons. The molecule has 1 heterocycles. The number of aromatic hydroxyl groups is 2. The molecule has 1 aliphatic heterocycles. The highest BCUT2D eigenvalue weighted by atomic mass is 16.8. The third-order valence-electron chi connectivity index (χ3n) is 10.8. The second-order valence-corrected chi connectivity index (χ2v) is 16.1. The van der Waals surface area contributed by atoms with Crippen molar-refractivity contribution in [3.05, 3.63) is 46.7 Å². The van der Waals surface area contributed by atoms with Gasteiger partial charge in [-0.3, -0.25) is 28.8 Å². The number of quaternary nitrogens is 1. The Morgan fingerprint density at radius 1 is 0.887 bits per heavy atom. The summed E-state index contributed by atoms with van der Waals surface area (Å²) in [4.78, 5) is 93.9. The van der Waals surface area contributed by atoms with Gasteiger partial charge in [-0.25, -0.2) is 10.0 Å². The lowest BCUT2D eigenvalue weighted by Gasteiger charge is -2.30. The second kappa shape index (κ2) is 23.4. The van der Waals surface area contributed by atoms with Crippen molar-refractivity contribution in [1.29, 1.82) is 0 Å². The third kappa shape index (κ3) is 13.8. The number of benzene rings is 2. The molecule has 62 heavy (non-hydrogen) atoms. The third-order valence-corrected chi connectivity index (χ3v) is 10.8. The van der Waals surface area contributed by atoms with Gasteiger partial charge >= 0.3 is 5.97 Å². The van der Waals surface area contributed by atoms with Crippen LogP contribution in [-0.2, 0) is 40.0 Å². The van der Waals surface area contributed by atoms with Gasteiger partial charge in [-0.15, -0.1) is 0 Å². The summed E-state index contributed by atoms with van der Waals surface area (Å²) >= 11 is 0. The average molecular weight is 872 g/mol. The molecular formula is C42H61N7O13. The normalized spacial score (nSPS) is 18.0. The Balaban J connectivity index is 1.77. The van der Waals surface area contributed by atoms with Gasteiger partial charge in [0.2, 0.25) is 41.1 Å². The van der Waals surface area contributed by atoms with E-state index in [1.807, 2.05) is 0 Å². The quantitative estimate of drug-likeness (QED) is 0.0524. The van der Waals surface area contributed by atoms with E-state index in [-0.39, 0.29) is 34.6 Å². The molecule has 6 atom stereocenters. The number of nitrogens with zero attached hydrogens (tertiary/aromatic N) is 2.